The van der Waals surface area contributed by atoms with E-state index in [-0.39, 0.29) is 17.9 Å². The molecule has 0 aromatic heterocycles. The molecule has 2 amide bonds. The Hall–Kier alpha value is -2.82. The second-order valence-electron chi connectivity index (χ2n) is 8.52. The maximum Gasteiger partial charge on any atom is 0.408 e. The molecule has 4 rings (SSSR count). The minimum absolute atomic E-state index is 0.0699. The van der Waals surface area contributed by atoms with E-state index in [0.717, 1.165) is 22.3 Å². The molecule has 5 nitrogen and oxygen atoms in total. The van der Waals surface area contributed by atoms with Crippen LogP contribution in [-0.4, -0.2) is 23.6 Å². The standard InChI is InChI=1S/C23H28N2O3/c1-14(2)19(25-22(27)28-23(3,4)5)21(26)24-20-16-11-12-17(18(20)13-16)15-9-7-6-8-10-15/h6-14,19-20H,1-5H3,(H,24,26)(H,25,27). The summed E-state index contributed by atoms with van der Waals surface area (Å²) in [5.74, 6) is -0.281. The van der Waals surface area contributed by atoms with Gasteiger partial charge in [0.05, 0.1) is 6.04 Å². The van der Waals surface area contributed by atoms with Crippen molar-refractivity contribution in [1.82, 2.24) is 10.6 Å². The lowest BCUT2D eigenvalue weighted by molar-refractivity contribution is -0.124. The van der Waals surface area contributed by atoms with Crippen LogP contribution in [0.4, 0.5) is 4.79 Å². The first kappa shape index (κ1) is 19.9. The van der Waals surface area contributed by atoms with Gasteiger partial charge in [0.15, 0.2) is 0 Å². The summed E-state index contributed by atoms with van der Waals surface area (Å²) in [5, 5.41) is 5.79. The molecule has 2 aliphatic carbocycles. The van der Waals surface area contributed by atoms with Crippen LogP contribution >= 0.6 is 0 Å². The monoisotopic (exact) mass is 380 g/mol. The Morgan fingerprint density at radius 1 is 1.04 bits per heavy atom. The van der Waals surface area contributed by atoms with Gasteiger partial charge in [0.25, 0.3) is 0 Å². The number of carbonyl (C=O) groups excluding carboxylic acids is 2. The van der Waals surface area contributed by atoms with Gasteiger partial charge in [0, 0.05) is 0 Å². The van der Waals surface area contributed by atoms with Gasteiger partial charge < -0.3 is 15.4 Å². The number of amides is 2. The molecule has 2 atom stereocenters. The average molecular weight is 380 g/mol. The highest BCUT2D eigenvalue weighted by atomic mass is 16.6. The molecule has 0 heterocycles. The number of benzene rings is 2. The first-order valence-corrected chi connectivity index (χ1v) is 9.65. The highest BCUT2D eigenvalue weighted by Crippen LogP contribution is 2.40. The van der Waals surface area contributed by atoms with Crippen LogP contribution in [-0.2, 0) is 9.53 Å². The lowest BCUT2D eigenvalue weighted by Crippen LogP contribution is -2.52. The van der Waals surface area contributed by atoms with Gasteiger partial charge in [-0.25, -0.2) is 4.79 Å². The predicted molar refractivity (Wildman–Crippen MR) is 110 cm³/mol. The fourth-order valence-electron chi connectivity index (χ4n) is 3.33. The third-order valence-corrected chi connectivity index (χ3v) is 4.71. The van der Waals surface area contributed by atoms with Gasteiger partial charge in [-0.05, 0) is 48.9 Å². The molecule has 2 N–H and O–H groups in total. The second-order valence-corrected chi connectivity index (χ2v) is 8.52. The Balaban J connectivity index is 1.71. The smallest absolute Gasteiger partial charge is 0.408 e. The van der Waals surface area contributed by atoms with Crippen molar-refractivity contribution < 1.29 is 14.3 Å². The maximum atomic E-state index is 12.9. The van der Waals surface area contributed by atoms with E-state index in [1.165, 1.54) is 0 Å². The summed E-state index contributed by atoms with van der Waals surface area (Å²) in [6.45, 7) is 9.18. The number of rotatable bonds is 5. The Kier molecular flexibility index (Phi) is 5.45. The van der Waals surface area contributed by atoms with Crippen molar-refractivity contribution in [1.29, 1.82) is 0 Å². The zero-order chi connectivity index (χ0) is 20.5. The van der Waals surface area contributed by atoms with Gasteiger partial charge in [0.2, 0.25) is 5.91 Å². The van der Waals surface area contributed by atoms with Crippen molar-refractivity contribution in [2.75, 3.05) is 0 Å². The van der Waals surface area contributed by atoms with Gasteiger partial charge >= 0.3 is 6.09 Å². The minimum atomic E-state index is -0.665. The quantitative estimate of drug-likeness (QED) is 0.807. The number of ether oxygens (including phenoxy) is 1. The molecule has 28 heavy (non-hydrogen) atoms. The average Bonchev–Trinajstić information content (AvgIpc) is 2.63. The topological polar surface area (TPSA) is 67.4 Å². The molecule has 0 spiro atoms. The molecule has 0 fully saturated rings. The number of hydrogen-bond donors (Lipinski definition) is 2. The van der Waals surface area contributed by atoms with Crippen LogP contribution < -0.4 is 10.6 Å². The molecule has 0 saturated heterocycles. The highest BCUT2D eigenvalue weighted by Gasteiger charge is 2.33. The van der Waals surface area contributed by atoms with Gasteiger partial charge in [-0.3, -0.25) is 4.79 Å². The van der Waals surface area contributed by atoms with Crippen molar-refractivity contribution in [3.63, 3.8) is 0 Å². The lowest BCUT2D eigenvalue weighted by Gasteiger charge is -2.33. The van der Waals surface area contributed by atoms with E-state index in [1.54, 1.807) is 20.8 Å². The van der Waals surface area contributed by atoms with Crippen molar-refractivity contribution in [3.8, 4) is 11.1 Å². The van der Waals surface area contributed by atoms with Gasteiger partial charge in [-0.15, -0.1) is 0 Å². The Labute approximate surface area is 166 Å². The van der Waals surface area contributed by atoms with E-state index in [2.05, 4.69) is 34.9 Å². The van der Waals surface area contributed by atoms with Gasteiger partial charge in [-0.1, -0.05) is 62.4 Å². The summed E-state index contributed by atoms with van der Waals surface area (Å²) >= 11 is 0. The van der Waals surface area contributed by atoms with Crippen LogP contribution in [0.25, 0.3) is 11.1 Å². The highest BCUT2D eigenvalue weighted by molar-refractivity contribution is 5.87. The minimum Gasteiger partial charge on any atom is -0.444 e. The molecular weight excluding hydrogens is 352 g/mol. The molecule has 5 heteroatoms. The normalized spacial score (nSPS) is 16.1. The largest absolute Gasteiger partial charge is 0.444 e. The van der Waals surface area contributed by atoms with Crippen LogP contribution in [0, 0.1) is 5.92 Å². The van der Waals surface area contributed by atoms with E-state index >= 15 is 0 Å². The summed E-state index contributed by atoms with van der Waals surface area (Å²) in [5.41, 5.74) is 3.79. The van der Waals surface area contributed by atoms with Crippen molar-refractivity contribution in [2.45, 2.75) is 52.3 Å². The zero-order valence-corrected chi connectivity index (χ0v) is 17.1. The van der Waals surface area contributed by atoms with E-state index < -0.39 is 17.7 Å². The molecule has 148 valence electrons. The number of carbonyl (C=O) groups is 2. The number of nitrogens with one attached hydrogen (secondary N) is 2. The summed E-state index contributed by atoms with van der Waals surface area (Å²) in [6, 6.07) is 15.5. The number of fused-ring (bicyclic) bond motifs is 2. The second kappa shape index (κ2) is 7.66. The Morgan fingerprint density at radius 3 is 2.29 bits per heavy atom. The molecule has 2 bridgehead atoms. The van der Waals surface area contributed by atoms with Gasteiger partial charge in [-0.2, -0.15) is 0 Å². The fraction of sp³-hybridized carbons (Fsp3) is 0.391. The summed E-state index contributed by atoms with van der Waals surface area (Å²) < 4.78 is 5.30. The van der Waals surface area contributed by atoms with E-state index in [1.807, 2.05) is 38.1 Å². The molecule has 2 aliphatic rings. The first-order chi connectivity index (χ1) is 13.2. The van der Waals surface area contributed by atoms with E-state index in [4.69, 9.17) is 4.74 Å². The van der Waals surface area contributed by atoms with Gasteiger partial charge in [0.1, 0.15) is 11.6 Å². The molecule has 0 saturated carbocycles. The van der Waals surface area contributed by atoms with E-state index in [0.29, 0.717) is 0 Å². The maximum absolute atomic E-state index is 12.9. The molecule has 0 aliphatic heterocycles. The van der Waals surface area contributed by atoms with Crippen molar-refractivity contribution in [2.24, 2.45) is 5.92 Å². The molecule has 2 aromatic rings. The van der Waals surface area contributed by atoms with Crippen LogP contribution in [0.5, 0.6) is 0 Å². The van der Waals surface area contributed by atoms with E-state index in [9.17, 15) is 9.59 Å². The predicted octanol–water partition coefficient (Wildman–Crippen LogP) is 4.42. The third kappa shape index (κ3) is 4.35. The molecule has 2 aromatic carbocycles. The third-order valence-electron chi connectivity index (χ3n) is 4.71. The number of hydrogen-bond acceptors (Lipinski definition) is 3. The lowest BCUT2D eigenvalue weighted by atomic mass is 9.80. The number of alkyl carbamates (subject to hydrolysis) is 1. The molecule has 2 unspecified atom stereocenters. The van der Waals surface area contributed by atoms with Crippen LogP contribution in [0.1, 0.15) is 51.8 Å². The van der Waals surface area contributed by atoms with Crippen LogP contribution in [0.2, 0.25) is 0 Å². The molecule has 0 radical (unpaired) electrons. The van der Waals surface area contributed by atoms with Crippen molar-refractivity contribution in [3.05, 3.63) is 59.7 Å². The summed E-state index contributed by atoms with van der Waals surface area (Å²) in [4.78, 5) is 25.0. The van der Waals surface area contributed by atoms with Crippen LogP contribution in [0.15, 0.2) is 48.5 Å². The Bertz CT molecular complexity index is 865. The Morgan fingerprint density at radius 2 is 1.71 bits per heavy atom. The molecular formula is C23H28N2O3. The fourth-order valence-corrected chi connectivity index (χ4v) is 3.33. The summed E-state index contributed by atoms with van der Waals surface area (Å²) in [6.07, 6.45) is -0.585. The zero-order valence-electron chi connectivity index (χ0n) is 17.1. The first-order valence-electron chi connectivity index (χ1n) is 9.65. The van der Waals surface area contributed by atoms with Crippen molar-refractivity contribution >= 4 is 12.0 Å². The SMILES string of the molecule is CC(C)C(NC(=O)OC(C)(C)C)C(=O)NC1c2ccc(-c3ccccc3)c1c2. The van der Waals surface area contributed by atoms with Crippen LogP contribution in [0.3, 0.4) is 0 Å². The summed E-state index contributed by atoms with van der Waals surface area (Å²) in [7, 11) is 0.